The summed E-state index contributed by atoms with van der Waals surface area (Å²) in [4.78, 5) is 31.0. The zero-order chi connectivity index (χ0) is 13.2. The highest BCUT2D eigenvalue weighted by Gasteiger charge is 2.17. The van der Waals surface area contributed by atoms with Crippen LogP contribution in [0.4, 0.5) is 11.6 Å². The number of nitrogens with one attached hydrogen (secondary N) is 3. The van der Waals surface area contributed by atoms with Crippen LogP contribution in [0.3, 0.4) is 0 Å². The third-order valence-electron chi connectivity index (χ3n) is 2.60. The number of amides is 2. The van der Waals surface area contributed by atoms with Gasteiger partial charge in [-0.15, -0.1) is 11.8 Å². The third-order valence-corrected chi connectivity index (χ3v) is 3.68. The molecule has 96 valence electrons. The zero-order valence-electron chi connectivity index (χ0n) is 9.77. The summed E-state index contributed by atoms with van der Waals surface area (Å²) in [5.41, 5.74) is 1.14. The van der Waals surface area contributed by atoms with Crippen molar-refractivity contribution in [1.82, 2.24) is 9.97 Å². The average Bonchev–Trinajstić information content (AvgIpc) is 2.90. The number of rotatable bonds is 2. The van der Waals surface area contributed by atoms with Gasteiger partial charge >= 0.3 is 0 Å². The lowest BCUT2D eigenvalue weighted by Gasteiger charge is -2.16. The SMILES string of the molecule is O=C1CSc2ccc(C(=O)Nc3ncc[nH]3)cc2N1. The normalized spacial score (nSPS) is 13.6. The van der Waals surface area contributed by atoms with Crippen molar-refractivity contribution in [2.75, 3.05) is 16.4 Å². The van der Waals surface area contributed by atoms with Crippen LogP contribution in [0, 0.1) is 0 Å². The summed E-state index contributed by atoms with van der Waals surface area (Å²) in [7, 11) is 0. The molecule has 1 aliphatic heterocycles. The lowest BCUT2D eigenvalue weighted by atomic mass is 10.2. The monoisotopic (exact) mass is 274 g/mol. The lowest BCUT2D eigenvalue weighted by Crippen LogP contribution is -2.20. The molecule has 1 aliphatic rings. The molecule has 0 atom stereocenters. The van der Waals surface area contributed by atoms with E-state index in [4.69, 9.17) is 0 Å². The summed E-state index contributed by atoms with van der Waals surface area (Å²) in [5, 5.41) is 5.38. The second kappa shape index (κ2) is 4.77. The Hall–Kier alpha value is -2.28. The number of anilines is 2. The fourth-order valence-corrected chi connectivity index (χ4v) is 2.53. The van der Waals surface area contributed by atoms with Crippen molar-refractivity contribution in [1.29, 1.82) is 0 Å². The Balaban J connectivity index is 1.83. The molecule has 0 unspecified atom stereocenters. The number of aromatic amines is 1. The molecule has 2 aromatic rings. The van der Waals surface area contributed by atoms with Gasteiger partial charge in [0.2, 0.25) is 11.9 Å². The molecule has 0 bridgehead atoms. The smallest absolute Gasteiger partial charge is 0.258 e. The molecule has 1 aromatic heterocycles. The van der Waals surface area contributed by atoms with Gasteiger partial charge in [0.1, 0.15) is 0 Å². The molecule has 0 saturated heterocycles. The first-order valence-electron chi connectivity index (χ1n) is 5.60. The molecule has 3 rings (SSSR count). The van der Waals surface area contributed by atoms with Crippen molar-refractivity contribution in [2.24, 2.45) is 0 Å². The van der Waals surface area contributed by atoms with E-state index in [-0.39, 0.29) is 11.8 Å². The number of fused-ring (bicyclic) bond motifs is 1. The van der Waals surface area contributed by atoms with E-state index in [0.717, 1.165) is 4.90 Å². The Labute approximate surface area is 113 Å². The largest absolute Gasteiger partial charge is 0.331 e. The van der Waals surface area contributed by atoms with Gasteiger partial charge in [0.15, 0.2) is 0 Å². The van der Waals surface area contributed by atoms with E-state index >= 15 is 0 Å². The fraction of sp³-hybridized carbons (Fsp3) is 0.0833. The maximum Gasteiger partial charge on any atom is 0.258 e. The highest BCUT2D eigenvalue weighted by molar-refractivity contribution is 8.00. The topological polar surface area (TPSA) is 86.9 Å². The molecular formula is C12H10N4O2S. The number of aromatic nitrogens is 2. The van der Waals surface area contributed by atoms with Crippen molar-refractivity contribution in [3.8, 4) is 0 Å². The molecule has 1 aromatic carbocycles. The number of benzene rings is 1. The van der Waals surface area contributed by atoms with Crippen LogP contribution in [0.25, 0.3) is 0 Å². The molecule has 6 nitrogen and oxygen atoms in total. The summed E-state index contributed by atoms with van der Waals surface area (Å²) in [6.07, 6.45) is 3.18. The van der Waals surface area contributed by atoms with Crippen LogP contribution in [0.2, 0.25) is 0 Å². The summed E-state index contributed by atoms with van der Waals surface area (Å²) in [6.45, 7) is 0. The number of nitrogens with zero attached hydrogens (tertiary/aromatic N) is 1. The number of carbonyl (C=O) groups excluding carboxylic acids is 2. The van der Waals surface area contributed by atoms with Crippen LogP contribution in [-0.2, 0) is 4.79 Å². The minimum Gasteiger partial charge on any atom is -0.331 e. The van der Waals surface area contributed by atoms with Crippen LogP contribution >= 0.6 is 11.8 Å². The fourth-order valence-electron chi connectivity index (χ4n) is 1.74. The van der Waals surface area contributed by atoms with Crippen LogP contribution < -0.4 is 10.6 Å². The van der Waals surface area contributed by atoms with Crippen LogP contribution in [0.5, 0.6) is 0 Å². The highest BCUT2D eigenvalue weighted by atomic mass is 32.2. The molecule has 0 aliphatic carbocycles. The van der Waals surface area contributed by atoms with Gasteiger partial charge < -0.3 is 10.3 Å². The molecular weight excluding hydrogens is 264 g/mol. The Morgan fingerprint density at radius 3 is 3.11 bits per heavy atom. The Bertz CT molecular complexity index is 639. The molecule has 3 N–H and O–H groups in total. The van der Waals surface area contributed by atoms with E-state index in [2.05, 4.69) is 20.6 Å². The van der Waals surface area contributed by atoms with Gasteiger partial charge in [0.25, 0.3) is 5.91 Å². The molecule has 2 heterocycles. The van der Waals surface area contributed by atoms with Crippen molar-refractivity contribution < 1.29 is 9.59 Å². The lowest BCUT2D eigenvalue weighted by molar-refractivity contribution is -0.113. The van der Waals surface area contributed by atoms with Crippen molar-refractivity contribution in [2.45, 2.75) is 4.90 Å². The van der Waals surface area contributed by atoms with Crippen LogP contribution in [-0.4, -0.2) is 27.5 Å². The van der Waals surface area contributed by atoms with Gasteiger partial charge in [-0.05, 0) is 18.2 Å². The molecule has 0 radical (unpaired) electrons. The van der Waals surface area contributed by atoms with Gasteiger partial charge in [-0.25, -0.2) is 4.98 Å². The molecule has 0 saturated carbocycles. The van der Waals surface area contributed by atoms with Crippen LogP contribution in [0.1, 0.15) is 10.4 Å². The maximum absolute atomic E-state index is 12.0. The highest BCUT2D eigenvalue weighted by Crippen LogP contribution is 2.32. The van der Waals surface area contributed by atoms with Gasteiger partial charge in [-0.1, -0.05) is 0 Å². The number of imidazole rings is 1. The second-order valence-corrected chi connectivity index (χ2v) is 4.96. The summed E-state index contributed by atoms with van der Waals surface area (Å²) >= 11 is 1.46. The summed E-state index contributed by atoms with van der Waals surface area (Å²) < 4.78 is 0. The van der Waals surface area contributed by atoms with Gasteiger partial charge in [-0.2, -0.15) is 0 Å². The summed E-state index contributed by atoms with van der Waals surface area (Å²) in [5.74, 6) is 0.468. The number of hydrogen-bond donors (Lipinski definition) is 3. The van der Waals surface area contributed by atoms with Crippen LogP contribution in [0.15, 0.2) is 35.5 Å². The standard InChI is InChI=1S/C12H10N4O2S/c17-10-6-19-9-2-1-7(5-8(9)15-10)11(18)16-12-13-3-4-14-12/h1-5H,6H2,(H,15,17)(H2,13,14,16,18). The van der Waals surface area contributed by atoms with E-state index in [1.54, 1.807) is 24.5 Å². The maximum atomic E-state index is 12.0. The van der Waals surface area contributed by atoms with E-state index in [1.165, 1.54) is 11.8 Å². The molecule has 0 fully saturated rings. The van der Waals surface area contributed by atoms with E-state index in [9.17, 15) is 9.59 Å². The molecule has 0 spiro atoms. The number of H-pyrrole nitrogens is 1. The van der Waals surface area contributed by atoms with Gasteiger partial charge in [0.05, 0.1) is 11.4 Å². The number of thioether (sulfide) groups is 1. The minimum absolute atomic E-state index is 0.0545. The van der Waals surface area contributed by atoms with Gasteiger partial charge in [0, 0.05) is 22.9 Å². The predicted octanol–water partition coefficient (Wildman–Crippen LogP) is 1.71. The Kier molecular flexibility index (Phi) is 2.96. The first kappa shape index (κ1) is 11.8. The van der Waals surface area contributed by atoms with E-state index in [1.807, 2.05) is 6.07 Å². The molecule has 2 amide bonds. The first-order valence-corrected chi connectivity index (χ1v) is 6.58. The molecule has 19 heavy (non-hydrogen) atoms. The van der Waals surface area contributed by atoms with Crippen molar-refractivity contribution >= 4 is 35.2 Å². The van der Waals surface area contributed by atoms with Crippen molar-refractivity contribution in [3.05, 3.63) is 36.2 Å². The Morgan fingerprint density at radius 2 is 2.32 bits per heavy atom. The predicted molar refractivity (Wildman–Crippen MR) is 72.3 cm³/mol. The number of hydrogen-bond acceptors (Lipinski definition) is 4. The minimum atomic E-state index is -0.275. The zero-order valence-corrected chi connectivity index (χ0v) is 10.6. The first-order chi connectivity index (χ1) is 9.22. The van der Waals surface area contributed by atoms with E-state index in [0.29, 0.717) is 23.0 Å². The Morgan fingerprint density at radius 1 is 1.42 bits per heavy atom. The number of carbonyl (C=O) groups is 2. The quantitative estimate of drug-likeness (QED) is 0.778. The molecule has 7 heteroatoms. The van der Waals surface area contributed by atoms with Crippen molar-refractivity contribution in [3.63, 3.8) is 0 Å². The summed E-state index contributed by atoms with van der Waals surface area (Å²) in [6, 6.07) is 5.22. The second-order valence-electron chi connectivity index (χ2n) is 3.94. The van der Waals surface area contributed by atoms with Gasteiger partial charge in [-0.3, -0.25) is 14.9 Å². The average molecular weight is 274 g/mol. The van der Waals surface area contributed by atoms with E-state index < -0.39 is 0 Å². The third kappa shape index (κ3) is 2.45.